The number of benzene rings is 1. The largest absolute Gasteiger partial charge is 0.488 e. The van der Waals surface area contributed by atoms with E-state index in [1.807, 2.05) is 0 Å². The lowest BCUT2D eigenvalue weighted by Crippen LogP contribution is -2.43. The Labute approximate surface area is 148 Å². The molecule has 0 bridgehead atoms. The fourth-order valence-electron chi connectivity index (χ4n) is 2.58. The number of carbonyl (C=O) groups excluding carboxylic acids is 1. The summed E-state index contributed by atoms with van der Waals surface area (Å²) in [7, 11) is 0. The average Bonchev–Trinajstić information content (AvgIpc) is 2.89. The van der Waals surface area contributed by atoms with Crippen molar-refractivity contribution in [3.8, 4) is 5.75 Å². The van der Waals surface area contributed by atoms with Crippen LogP contribution in [0, 0.1) is 0 Å². The molecule has 1 aliphatic heterocycles. The number of nitrogens with zero attached hydrogens (tertiary/aromatic N) is 1. The van der Waals surface area contributed by atoms with Gasteiger partial charge in [0.1, 0.15) is 23.5 Å². The number of carbonyl (C=O) groups is 2. The fraction of sp³-hybridized carbons (Fsp3) is 0.529. The second-order valence-corrected chi connectivity index (χ2v) is 6.99. The Morgan fingerprint density at radius 1 is 1.23 bits per heavy atom. The molecule has 1 N–H and O–H groups in total. The highest BCUT2D eigenvalue weighted by molar-refractivity contribution is 5.81. The smallest absolute Gasteiger partial charge is 0.416 e. The van der Waals surface area contributed by atoms with E-state index >= 15 is 0 Å². The molecule has 1 saturated heterocycles. The molecule has 0 radical (unpaired) electrons. The minimum absolute atomic E-state index is 0.0417. The predicted molar refractivity (Wildman–Crippen MR) is 84.8 cm³/mol. The third-order valence-electron chi connectivity index (χ3n) is 3.64. The molecule has 0 saturated carbocycles. The Bertz CT molecular complexity index is 684. The van der Waals surface area contributed by atoms with Crippen LogP contribution in [0.2, 0.25) is 0 Å². The van der Waals surface area contributed by atoms with Gasteiger partial charge in [-0.2, -0.15) is 13.2 Å². The van der Waals surface area contributed by atoms with Gasteiger partial charge in [-0.05, 0) is 39.0 Å². The van der Waals surface area contributed by atoms with Gasteiger partial charge in [-0.15, -0.1) is 0 Å². The molecule has 2 rings (SSSR count). The summed E-state index contributed by atoms with van der Waals surface area (Å²) in [5.41, 5.74) is -1.67. The number of rotatable bonds is 3. The molecule has 0 aliphatic carbocycles. The number of aliphatic carboxylic acids is 1. The molecule has 26 heavy (non-hydrogen) atoms. The maximum Gasteiger partial charge on any atom is 0.416 e. The summed E-state index contributed by atoms with van der Waals surface area (Å²) in [6.45, 7) is 4.84. The van der Waals surface area contributed by atoms with Gasteiger partial charge >= 0.3 is 18.2 Å². The van der Waals surface area contributed by atoms with Gasteiger partial charge in [0.05, 0.1) is 12.1 Å². The molecule has 2 unspecified atom stereocenters. The number of ether oxygens (including phenoxy) is 2. The summed E-state index contributed by atoms with van der Waals surface area (Å²) in [4.78, 5) is 24.6. The standard InChI is InChI=1S/C17H20F3NO5/c1-16(2,3)26-15(24)21-9-12(8-13(21)14(22)23)25-11-6-4-5-10(7-11)17(18,19)20/h4-7,12-13H,8-9H2,1-3H3,(H,22,23). The van der Waals surface area contributed by atoms with Crippen molar-refractivity contribution in [3.05, 3.63) is 29.8 Å². The number of likely N-dealkylation sites (tertiary alicyclic amines) is 1. The molecule has 144 valence electrons. The second kappa shape index (κ2) is 7.05. The third-order valence-corrected chi connectivity index (χ3v) is 3.64. The molecule has 2 atom stereocenters. The molecule has 0 aromatic heterocycles. The minimum Gasteiger partial charge on any atom is -0.488 e. The first kappa shape index (κ1) is 19.9. The summed E-state index contributed by atoms with van der Waals surface area (Å²) >= 11 is 0. The zero-order valence-electron chi connectivity index (χ0n) is 14.5. The Morgan fingerprint density at radius 2 is 1.88 bits per heavy atom. The van der Waals surface area contributed by atoms with Crippen LogP contribution in [0.3, 0.4) is 0 Å². The molecule has 1 heterocycles. The fourth-order valence-corrected chi connectivity index (χ4v) is 2.58. The van der Waals surface area contributed by atoms with Crippen molar-refractivity contribution in [3.63, 3.8) is 0 Å². The van der Waals surface area contributed by atoms with E-state index in [-0.39, 0.29) is 18.7 Å². The zero-order valence-corrected chi connectivity index (χ0v) is 14.5. The number of carboxylic acids is 1. The average molecular weight is 375 g/mol. The van der Waals surface area contributed by atoms with E-state index in [2.05, 4.69) is 0 Å². The first-order valence-electron chi connectivity index (χ1n) is 7.93. The van der Waals surface area contributed by atoms with Crippen molar-refractivity contribution < 1.29 is 37.3 Å². The van der Waals surface area contributed by atoms with Gasteiger partial charge in [-0.3, -0.25) is 4.90 Å². The van der Waals surface area contributed by atoms with Gasteiger partial charge in [0.15, 0.2) is 0 Å². The second-order valence-electron chi connectivity index (χ2n) is 6.99. The van der Waals surface area contributed by atoms with Gasteiger partial charge in [0.25, 0.3) is 0 Å². The summed E-state index contributed by atoms with van der Waals surface area (Å²) in [5, 5.41) is 9.31. The lowest BCUT2D eigenvalue weighted by Gasteiger charge is -2.26. The van der Waals surface area contributed by atoms with Crippen LogP contribution in [0.25, 0.3) is 0 Å². The van der Waals surface area contributed by atoms with Gasteiger partial charge in [0, 0.05) is 6.42 Å². The van der Waals surface area contributed by atoms with Crippen LogP contribution < -0.4 is 4.74 Å². The van der Waals surface area contributed by atoms with E-state index in [1.54, 1.807) is 20.8 Å². The quantitative estimate of drug-likeness (QED) is 0.874. The van der Waals surface area contributed by atoms with Gasteiger partial charge in [-0.25, -0.2) is 9.59 Å². The van der Waals surface area contributed by atoms with Crippen LogP contribution in [0.5, 0.6) is 5.75 Å². The van der Waals surface area contributed by atoms with E-state index in [9.17, 15) is 27.9 Å². The highest BCUT2D eigenvalue weighted by Gasteiger charge is 2.42. The minimum atomic E-state index is -4.51. The van der Waals surface area contributed by atoms with Crippen molar-refractivity contribution in [1.82, 2.24) is 4.90 Å². The molecular weight excluding hydrogens is 355 g/mol. The Morgan fingerprint density at radius 3 is 2.42 bits per heavy atom. The van der Waals surface area contributed by atoms with Gasteiger partial charge in [0.2, 0.25) is 0 Å². The van der Waals surface area contributed by atoms with Crippen LogP contribution >= 0.6 is 0 Å². The molecule has 9 heteroatoms. The number of carboxylic acid groups (broad SMARTS) is 1. The molecule has 1 aliphatic rings. The van der Waals surface area contributed by atoms with Crippen LogP contribution in [-0.4, -0.2) is 46.4 Å². The highest BCUT2D eigenvalue weighted by Crippen LogP contribution is 2.32. The topological polar surface area (TPSA) is 76.1 Å². The molecular formula is C17H20F3NO5. The third kappa shape index (κ3) is 5.03. The van der Waals surface area contributed by atoms with Crippen LogP contribution in [-0.2, 0) is 15.7 Å². The van der Waals surface area contributed by atoms with Crippen LogP contribution in [0.4, 0.5) is 18.0 Å². The number of alkyl halides is 3. The SMILES string of the molecule is CC(C)(C)OC(=O)N1CC(Oc2cccc(C(F)(F)F)c2)CC1C(=O)O. The van der Waals surface area contributed by atoms with Crippen molar-refractivity contribution >= 4 is 12.1 Å². The van der Waals surface area contributed by atoms with Gasteiger partial charge < -0.3 is 14.6 Å². The number of hydrogen-bond acceptors (Lipinski definition) is 4. The highest BCUT2D eigenvalue weighted by atomic mass is 19.4. The zero-order chi connectivity index (χ0) is 19.7. The summed E-state index contributed by atoms with van der Waals surface area (Å²) in [5.74, 6) is -1.27. The molecule has 1 amide bonds. The van der Waals surface area contributed by atoms with E-state index in [1.165, 1.54) is 12.1 Å². The van der Waals surface area contributed by atoms with Crippen molar-refractivity contribution in [2.75, 3.05) is 6.54 Å². The number of amides is 1. The maximum absolute atomic E-state index is 12.8. The van der Waals surface area contributed by atoms with E-state index in [4.69, 9.17) is 9.47 Å². The van der Waals surface area contributed by atoms with Crippen LogP contribution in [0.15, 0.2) is 24.3 Å². The lowest BCUT2D eigenvalue weighted by atomic mass is 10.2. The first-order valence-corrected chi connectivity index (χ1v) is 7.93. The maximum atomic E-state index is 12.8. The van der Waals surface area contributed by atoms with Crippen LogP contribution in [0.1, 0.15) is 32.8 Å². The number of halogens is 3. The van der Waals surface area contributed by atoms with E-state index < -0.39 is 41.5 Å². The lowest BCUT2D eigenvalue weighted by molar-refractivity contribution is -0.142. The van der Waals surface area contributed by atoms with Gasteiger partial charge in [-0.1, -0.05) is 6.07 Å². The van der Waals surface area contributed by atoms with Crippen molar-refractivity contribution in [2.24, 2.45) is 0 Å². The number of hydrogen-bond donors (Lipinski definition) is 1. The van der Waals surface area contributed by atoms with E-state index in [0.717, 1.165) is 17.0 Å². The van der Waals surface area contributed by atoms with Crippen molar-refractivity contribution in [1.29, 1.82) is 0 Å². The summed E-state index contributed by atoms with van der Waals surface area (Å²) < 4.78 is 49.0. The Kier molecular flexibility index (Phi) is 5.39. The normalized spacial score (nSPS) is 20.8. The molecule has 0 spiro atoms. The summed E-state index contributed by atoms with van der Waals surface area (Å²) in [6.07, 6.45) is -6.13. The molecule has 1 aromatic rings. The molecule has 1 aromatic carbocycles. The Hall–Kier alpha value is -2.45. The van der Waals surface area contributed by atoms with Crippen molar-refractivity contribution in [2.45, 2.75) is 51.1 Å². The summed E-state index contributed by atoms with van der Waals surface area (Å²) in [6, 6.07) is 3.13. The Balaban J connectivity index is 2.12. The molecule has 1 fully saturated rings. The first-order chi connectivity index (χ1) is 11.9. The monoisotopic (exact) mass is 375 g/mol. The predicted octanol–water partition coefficient (Wildman–Crippen LogP) is 3.55. The molecule has 6 nitrogen and oxygen atoms in total. The van der Waals surface area contributed by atoms with E-state index in [0.29, 0.717) is 0 Å².